The van der Waals surface area contributed by atoms with E-state index in [0.717, 1.165) is 25.8 Å². The highest BCUT2D eigenvalue weighted by Gasteiger charge is 2.45. The molecule has 0 radical (unpaired) electrons. The molecule has 0 atom stereocenters. The van der Waals surface area contributed by atoms with E-state index >= 15 is 0 Å². The van der Waals surface area contributed by atoms with E-state index in [1.807, 2.05) is 13.8 Å². The van der Waals surface area contributed by atoms with E-state index in [9.17, 15) is 9.59 Å². The van der Waals surface area contributed by atoms with E-state index in [4.69, 9.17) is 0 Å². The molecule has 0 aliphatic carbocycles. The monoisotopic (exact) mass is 478 g/mol. The van der Waals surface area contributed by atoms with Gasteiger partial charge in [0.1, 0.15) is 0 Å². The Bertz CT molecular complexity index is 706. The van der Waals surface area contributed by atoms with Crippen LogP contribution < -0.4 is 5.32 Å². The molecule has 4 nitrogen and oxygen atoms in total. The second-order valence-corrected chi connectivity index (χ2v) is 14.2. The zero-order valence-electron chi connectivity index (χ0n) is 25.3. The van der Waals surface area contributed by atoms with Crippen LogP contribution in [-0.2, 0) is 9.59 Å². The number of nitrogens with zero attached hydrogens (tertiary/aromatic N) is 1. The van der Waals surface area contributed by atoms with Crippen molar-refractivity contribution < 1.29 is 9.59 Å². The third-order valence-electron chi connectivity index (χ3n) is 8.82. The first-order chi connectivity index (χ1) is 15.0. The predicted molar refractivity (Wildman–Crippen MR) is 148 cm³/mol. The molecule has 0 spiro atoms. The average Bonchev–Trinajstić information content (AvgIpc) is 2.58. The van der Waals surface area contributed by atoms with Crippen molar-refractivity contribution in [3.8, 4) is 0 Å². The summed E-state index contributed by atoms with van der Waals surface area (Å²) in [6.07, 6.45) is 3.69. The Morgan fingerprint density at radius 2 is 1.35 bits per heavy atom. The van der Waals surface area contributed by atoms with Crippen LogP contribution in [0.2, 0.25) is 0 Å². The fraction of sp³-hybridized carbons (Fsp3) is 0.867. The Morgan fingerprint density at radius 3 is 1.76 bits per heavy atom. The SMILES string of the molecule is C=C(CCCC(=O)N(C(C)=O)C(C)(C)CCNC(C)C)C(C)(C)C(C)(C)CC(C)(C)C(C)(C)C. The summed E-state index contributed by atoms with van der Waals surface area (Å²) in [5.74, 6) is -0.259. The van der Waals surface area contributed by atoms with Gasteiger partial charge in [0.15, 0.2) is 0 Å². The Kier molecular flexibility index (Phi) is 11.3. The van der Waals surface area contributed by atoms with E-state index in [0.29, 0.717) is 18.9 Å². The minimum Gasteiger partial charge on any atom is -0.314 e. The maximum absolute atomic E-state index is 13.1. The zero-order chi connectivity index (χ0) is 27.3. The van der Waals surface area contributed by atoms with Crippen LogP contribution in [-0.4, -0.2) is 34.8 Å². The third-order valence-corrected chi connectivity index (χ3v) is 8.82. The molecular formula is C30H58N2O2. The van der Waals surface area contributed by atoms with Crippen LogP contribution in [0.3, 0.4) is 0 Å². The van der Waals surface area contributed by atoms with Gasteiger partial charge in [0.25, 0.3) is 0 Å². The van der Waals surface area contributed by atoms with Crippen LogP contribution >= 0.6 is 0 Å². The second-order valence-electron chi connectivity index (χ2n) is 14.2. The highest BCUT2D eigenvalue weighted by molar-refractivity contribution is 5.95. The van der Waals surface area contributed by atoms with Crippen LogP contribution in [0.1, 0.15) is 129 Å². The third kappa shape index (κ3) is 8.81. The minimum atomic E-state index is -0.512. The largest absolute Gasteiger partial charge is 0.314 e. The normalized spacial score (nSPS) is 13.9. The summed E-state index contributed by atoms with van der Waals surface area (Å²) in [6.45, 7) is 35.9. The fourth-order valence-corrected chi connectivity index (χ4v) is 4.66. The molecule has 200 valence electrons. The molecular weight excluding hydrogens is 420 g/mol. The summed E-state index contributed by atoms with van der Waals surface area (Å²) in [7, 11) is 0. The molecule has 4 heteroatoms. The molecule has 0 aromatic rings. The summed E-state index contributed by atoms with van der Waals surface area (Å²) < 4.78 is 0. The molecule has 0 unspecified atom stereocenters. The van der Waals surface area contributed by atoms with Crippen molar-refractivity contribution in [2.45, 2.75) is 141 Å². The number of hydrogen-bond acceptors (Lipinski definition) is 3. The molecule has 0 heterocycles. The van der Waals surface area contributed by atoms with Crippen molar-refractivity contribution in [1.82, 2.24) is 10.2 Å². The number of rotatable bonds is 13. The first kappa shape index (κ1) is 32.8. The number of amides is 2. The van der Waals surface area contributed by atoms with Crippen molar-refractivity contribution in [3.05, 3.63) is 12.2 Å². The number of nitrogens with one attached hydrogen (secondary N) is 1. The lowest BCUT2D eigenvalue weighted by atomic mass is 9.54. The summed E-state index contributed by atoms with van der Waals surface area (Å²) in [5, 5.41) is 3.39. The van der Waals surface area contributed by atoms with Crippen molar-refractivity contribution in [2.75, 3.05) is 6.54 Å². The highest BCUT2D eigenvalue weighted by atomic mass is 16.2. The number of imide groups is 1. The minimum absolute atomic E-state index is 0.0572. The van der Waals surface area contributed by atoms with Crippen LogP contribution in [0.25, 0.3) is 0 Å². The molecule has 0 saturated carbocycles. The van der Waals surface area contributed by atoms with Gasteiger partial charge in [0.2, 0.25) is 11.8 Å². The number of allylic oxidation sites excluding steroid dienone is 1. The standard InChI is InChI=1S/C30H58N2O2/c1-22(2)31-20-19-29(12,13)32(24(4)33)25(34)18-16-17-23(3)30(14,15)28(10,11)21-27(8,9)26(5,6)7/h22,31H,3,16-21H2,1-2,4-15H3. The predicted octanol–water partition coefficient (Wildman–Crippen LogP) is 7.77. The molecule has 0 aliphatic heterocycles. The average molecular weight is 479 g/mol. The van der Waals surface area contributed by atoms with Gasteiger partial charge in [-0.1, -0.05) is 88.3 Å². The van der Waals surface area contributed by atoms with Crippen LogP contribution in [0.15, 0.2) is 12.2 Å². The maximum Gasteiger partial charge on any atom is 0.229 e. The lowest BCUT2D eigenvalue weighted by Gasteiger charge is -2.51. The summed E-state index contributed by atoms with van der Waals surface area (Å²) >= 11 is 0. The lowest BCUT2D eigenvalue weighted by Crippen LogP contribution is -2.51. The Balaban J connectivity index is 5.22. The van der Waals surface area contributed by atoms with Gasteiger partial charge >= 0.3 is 0 Å². The summed E-state index contributed by atoms with van der Waals surface area (Å²) in [6, 6.07) is 0.380. The van der Waals surface area contributed by atoms with Crippen LogP contribution in [0.5, 0.6) is 0 Å². The van der Waals surface area contributed by atoms with Crippen molar-refractivity contribution in [1.29, 1.82) is 0 Å². The van der Waals surface area contributed by atoms with E-state index in [-0.39, 0.29) is 33.5 Å². The molecule has 0 saturated heterocycles. The van der Waals surface area contributed by atoms with Gasteiger partial charge in [-0.3, -0.25) is 14.5 Å². The zero-order valence-corrected chi connectivity index (χ0v) is 25.3. The Hall–Kier alpha value is -1.16. The van der Waals surface area contributed by atoms with Crippen LogP contribution in [0.4, 0.5) is 0 Å². The number of hydrogen-bond donors (Lipinski definition) is 1. The second kappa shape index (κ2) is 11.7. The van der Waals surface area contributed by atoms with E-state index in [1.165, 1.54) is 17.4 Å². The first-order valence-electron chi connectivity index (χ1n) is 13.2. The van der Waals surface area contributed by atoms with Gasteiger partial charge in [-0.05, 0) is 67.7 Å². The number of carbonyl (C=O) groups excluding carboxylic acids is 2. The van der Waals surface area contributed by atoms with Gasteiger partial charge in [-0.2, -0.15) is 0 Å². The fourth-order valence-electron chi connectivity index (χ4n) is 4.66. The summed E-state index contributed by atoms with van der Waals surface area (Å²) in [4.78, 5) is 27.0. The quantitative estimate of drug-likeness (QED) is 0.275. The van der Waals surface area contributed by atoms with Gasteiger partial charge in [0.05, 0.1) is 0 Å². The van der Waals surface area contributed by atoms with E-state index in [1.54, 1.807) is 0 Å². The van der Waals surface area contributed by atoms with Crippen molar-refractivity contribution in [2.24, 2.45) is 21.7 Å². The first-order valence-corrected chi connectivity index (χ1v) is 13.2. The van der Waals surface area contributed by atoms with E-state index in [2.05, 4.69) is 88.1 Å². The molecule has 0 aliphatic rings. The highest BCUT2D eigenvalue weighted by Crippen LogP contribution is 2.55. The van der Waals surface area contributed by atoms with Gasteiger partial charge in [-0.15, -0.1) is 0 Å². The Morgan fingerprint density at radius 1 is 0.853 bits per heavy atom. The number of carbonyl (C=O) groups is 2. The topological polar surface area (TPSA) is 49.4 Å². The van der Waals surface area contributed by atoms with Gasteiger partial charge < -0.3 is 5.32 Å². The molecule has 1 N–H and O–H groups in total. The van der Waals surface area contributed by atoms with Crippen LogP contribution in [0, 0.1) is 21.7 Å². The van der Waals surface area contributed by atoms with Gasteiger partial charge in [0, 0.05) is 24.9 Å². The van der Waals surface area contributed by atoms with E-state index < -0.39 is 5.54 Å². The van der Waals surface area contributed by atoms with Crippen molar-refractivity contribution in [3.63, 3.8) is 0 Å². The molecule has 0 rings (SSSR count). The molecule has 0 aromatic heterocycles. The molecule has 2 amide bonds. The Labute approximate surface area is 212 Å². The van der Waals surface area contributed by atoms with Crippen molar-refractivity contribution >= 4 is 11.8 Å². The van der Waals surface area contributed by atoms with Gasteiger partial charge in [-0.25, -0.2) is 0 Å². The lowest BCUT2D eigenvalue weighted by molar-refractivity contribution is -0.150. The maximum atomic E-state index is 13.1. The summed E-state index contributed by atoms with van der Waals surface area (Å²) in [5.41, 5.74) is 1.05. The smallest absolute Gasteiger partial charge is 0.229 e. The molecule has 0 bridgehead atoms. The molecule has 34 heavy (non-hydrogen) atoms. The molecule has 0 fully saturated rings. The molecule has 0 aromatic carbocycles.